The van der Waals surface area contributed by atoms with E-state index in [1.807, 2.05) is 26.0 Å². The molecule has 0 N–H and O–H groups in total. The molecule has 0 aliphatic carbocycles. The Hall–Kier alpha value is -2.82. The van der Waals surface area contributed by atoms with Crippen LogP contribution in [0.5, 0.6) is 0 Å². The molecule has 2 aromatic heterocycles. The second kappa shape index (κ2) is 6.35. The molecule has 24 heavy (non-hydrogen) atoms. The van der Waals surface area contributed by atoms with E-state index in [4.69, 9.17) is 0 Å². The molecule has 122 valence electrons. The van der Waals surface area contributed by atoms with E-state index in [1.165, 1.54) is 12.1 Å². The first kappa shape index (κ1) is 16.1. The van der Waals surface area contributed by atoms with Crippen molar-refractivity contribution in [1.82, 2.24) is 9.61 Å². The van der Waals surface area contributed by atoms with Crippen molar-refractivity contribution in [2.75, 3.05) is 0 Å². The second-order valence-electron chi connectivity index (χ2n) is 5.79. The Labute approximate surface area is 138 Å². The summed E-state index contributed by atoms with van der Waals surface area (Å²) in [5, 5.41) is 4.53. The van der Waals surface area contributed by atoms with Gasteiger partial charge in [-0.25, -0.2) is 13.3 Å². The van der Waals surface area contributed by atoms with Crippen molar-refractivity contribution >= 4 is 17.9 Å². The van der Waals surface area contributed by atoms with Crippen LogP contribution in [0.3, 0.4) is 0 Å². The Morgan fingerprint density at radius 2 is 1.96 bits per heavy atom. The van der Waals surface area contributed by atoms with E-state index in [2.05, 4.69) is 5.10 Å². The van der Waals surface area contributed by atoms with Crippen molar-refractivity contribution < 1.29 is 13.6 Å². The average molecular weight is 326 g/mol. The molecule has 3 rings (SSSR count). The molecule has 1 aromatic carbocycles. The molecule has 0 aliphatic rings. The van der Waals surface area contributed by atoms with Crippen LogP contribution in [0.1, 0.15) is 30.9 Å². The summed E-state index contributed by atoms with van der Waals surface area (Å²) in [5.74, 6) is -1.69. The van der Waals surface area contributed by atoms with Gasteiger partial charge in [-0.3, -0.25) is 4.79 Å². The number of benzene rings is 1. The molecular weight excluding hydrogens is 310 g/mol. The molecule has 0 amide bonds. The summed E-state index contributed by atoms with van der Waals surface area (Å²) in [6, 6.07) is 7.49. The smallest absolute Gasteiger partial charge is 0.159 e. The van der Waals surface area contributed by atoms with E-state index in [0.29, 0.717) is 17.5 Å². The van der Waals surface area contributed by atoms with Crippen LogP contribution in [0.4, 0.5) is 8.78 Å². The molecule has 0 aliphatic heterocycles. The molecular formula is C19H16F2N2O. The largest absolute Gasteiger partial charge is 0.299 e. The van der Waals surface area contributed by atoms with Gasteiger partial charge in [0.05, 0.1) is 11.2 Å². The van der Waals surface area contributed by atoms with Crippen molar-refractivity contribution in [1.29, 1.82) is 0 Å². The van der Waals surface area contributed by atoms with Crippen LogP contribution in [0.2, 0.25) is 0 Å². The Morgan fingerprint density at radius 3 is 2.62 bits per heavy atom. The summed E-state index contributed by atoms with van der Waals surface area (Å²) in [6.07, 6.45) is 5.53. The van der Waals surface area contributed by atoms with Crippen LogP contribution in [-0.4, -0.2) is 15.9 Å². The monoisotopic (exact) mass is 326 g/mol. The molecule has 3 nitrogen and oxygen atoms in total. The molecule has 0 radical (unpaired) electrons. The van der Waals surface area contributed by atoms with E-state index < -0.39 is 11.6 Å². The summed E-state index contributed by atoms with van der Waals surface area (Å²) >= 11 is 0. The number of carbonyl (C=O) groups is 1. The van der Waals surface area contributed by atoms with Gasteiger partial charge in [0, 0.05) is 17.3 Å². The molecule has 0 saturated heterocycles. The van der Waals surface area contributed by atoms with Gasteiger partial charge in [0.15, 0.2) is 11.6 Å². The normalized spacial score (nSPS) is 11.7. The van der Waals surface area contributed by atoms with Gasteiger partial charge in [0.25, 0.3) is 0 Å². The topological polar surface area (TPSA) is 34.4 Å². The van der Waals surface area contributed by atoms with Crippen LogP contribution >= 0.6 is 0 Å². The van der Waals surface area contributed by atoms with E-state index in [9.17, 15) is 13.6 Å². The maximum Gasteiger partial charge on any atom is 0.159 e. The number of nitrogens with zero attached hydrogens (tertiary/aromatic N) is 2. The van der Waals surface area contributed by atoms with Crippen molar-refractivity contribution in [3.8, 4) is 11.3 Å². The average Bonchev–Trinajstić information content (AvgIpc) is 3.01. The zero-order chi connectivity index (χ0) is 17.3. The summed E-state index contributed by atoms with van der Waals surface area (Å²) < 4.78 is 28.7. The van der Waals surface area contributed by atoms with Crippen LogP contribution in [-0.2, 0) is 4.79 Å². The molecule has 0 bridgehead atoms. The van der Waals surface area contributed by atoms with E-state index in [-0.39, 0.29) is 5.92 Å². The predicted octanol–water partition coefficient (Wildman–Crippen LogP) is 4.62. The fraction of sp³-hybridized carbons (Fsp3) is 0.158. The summed E-state index contributed by atoms with van der Waals surface area (Å²) in [7, 11) is 0. The molecule has 3 aromatic rings. The maximum atomic E-state index is 13.7. The highest BCUT2D eigenvalue weighted by Crippen LogP contribution is 2.33. The highest BCUT2D eigenvalue weighted by atomic mass is 19.2. The van der Waals surface area contributed by atoms with Gasteiger partial charge in [0.2, 0.25) is 0 Å². The lowest BCUT2D eigenvalue weighted by molar-refractivity contribution is -0.104. The zero-order valence-corrected chi connectivity index (χ0v) is 13.3. The number of fused-ring (bicyclic) bond motifs is 1. The van der Waals surface area contributed by atoms with Gasteiger partial charge >= 0.3 is 0 Å². The van der Waals surface area contributed by atoms with Crippen LogP contribution in [0.15, 0.2) is 42.6 Å². The highest BCUT2D eigenvalue weighted by molar-refractivity contribution is 5.83. The molecule has 0 unspecified atom stereocenters. The highest BCUT2D eigenvalue weighted by Gasteiger charge is 2.18. The maximum absolute atomic E-state index is 13.7. The lowest BCUT2D eigenvalue weighted by Gasteiger charge is -2.16. The van der Waals surface area contributed by atoms with E-state index in [1.54, 1.807) is 16.8 Å². The number of aromatic nitrogens is 2. The molecule has 0 fully saturated rings. The summed E-state index contributed by atoms with van der Waals surface area (Å²) in [6.45, 7) is 4.07. The van der Waals surface area contributed by atoms with Crippen molar-refractivity contribution in [2.24, 2.45) is 0 Å². The van der Waals surface area contributed by atoms with Crippen LogP contribution in [0.25, 0.3) is 22.9 Å². The number of halogens is 2. The number of carbonyl (C=O) groups excluding carboxylic acids is 1. The fourth-order valence-electron chi connectivity index (χ4n) is 2.87. The number of hydrogen-bond acceptors (Lipinski definition) is 2. The Bertz CT molecular complexity index is 942. The van der Waals surface area contributed by atoms with Gasteiger partial charge in [0.1, 0.15) is 6.29 Å². The van der Waals surface area contributed by atoms with E-state index in [0.717, 1.165) is 28.8 Å². The van der Waals surface area contributed by atoms with Crippen molar-refractivity contribution in [2.45, 2.75) is 19.8 Å². The molecule has 0 spiro atoms. The number of aldehydes is 1. The SMILES string of the molecule is CC(C)c1c(C=CC=O)c(-c2ccc(F)c(F)c2)nn2cccc12. The quantitative estimate of drug-likeness (QED) is 0.518. The van der Waals surface area contributed by atoms with E-state index >= 15 is 0 Å². The van der Waals surface area contributed by atoms with Gasteiger partial charge < -0.3 is 0 Å². The minimum Gasteiger partial charge on any atom is -0.299 e. The van der Waals surface area contributed by atoms with Gasteiger partial charge in [-0.2, -0.15) is 5.10 Å². The Morgan fingerprint density at radius 1 is 1.17 bits per heavy atom. The first-order valence-corrected chi connectivity index (χ1v) is 7.61. The van der Waals surface area contributed by atoms with Gasteiger partial charge in [-0.05, 0) is 54.0 Å². The predicted molar refractivity (Wildman–Crippen MR) is 89.7 cm³/mol. The molecule has 2 heterocycles. The first-order valence-electron chi connectivity index (χ1n) is 7.61. The van der Waals surface area contributed by atoms with Crippen LogP contribution < -0.4 is 0 Å². The summed E-state index contributed by atoms with van der Waals surface area (Å²) in [4.78, 5) is 10.8. The third kappa shape index (κ3) is 2.73. The number of allylic oxidation sites excluding steroid dienone is 1. The standard InChI is InChI=1S/C19H16F2N2O/c1-12(2)18-14(5-4-10-24)19(22-23-9-3-6-17(18)23)13-7-8-15(20)16(21)11-13/h3-12H,1-2H3. The van der Waals surface area contributed by atoms with Crippen molar-refractivity contribution in [3.05, 3.63) is 65.4 Å². The fourth-order valence-corrected chi connectivity index (χ4v) is 2.87. The molecule has 0 saturated carbocycles. The molecule has 0 atom stereocenters. The molecule has 5 heteroatoms. The van der Waals surface area contributed by atoms with Crippen LogP contribution in [0, 0.1) is 11.6 Å². The zero-order valence-electron chi connectivity index (χ0n) is 13.3. The lowest BCUT2D eigenvalue weighted by Crippen LogP contribution is -2.05. The Kier molecular flexibility index (Phi) is 4.25. The van der Waals surface area contributed by atoms with Gasteiger partial charge in [-0.1, -0.05) is 13.8 Å². The Balaban J connectivity index is 2.38. The first-order chi connectivity index (χ1) is 11.5. The third-order valence-corrected chi connectivity index (χ3v) is 3.87. The number of rotatable bonds is 4. The summed E-state index contributed by atoms with van der Waals surface area (Å²) in [5.41, 5.74) is 3.60. The van der Waals surface area contributed by atoms with Crippen molar-refractivity contribution in [3.63, 3.8) is 0 Å². The minimum absolute atomic E-state index is 0.153. The van der Waals surface area contributed by atoms with Gasteiger partial charge in [-0.15, -0.1) is 0 Å². The lowest BCUT2D eigenvalue weighted by atomic mass is 9.93. The minimum atomic E-state index is -0.932. The number of hydrogen-bond donors (Lipinski definition) is 0. The second-order valence-corrected chi connectivity index (χ2v) is 5.79. The third-order valence-electron chi connectivity index (χ3n) is 3.87.